The highest BCUT2D eigenvalue weighted by Gasteiger charge is 2.24. The molecule has 3 aromatic rings. The minimum Gasteiger partial charge on any atom is -0.338 e. The van der Waals surface area contributed by atoms with Crippen LogP contribution < -0.4 is 0 Å². The number of aryl methyl sites for hydroxylation is 1. The third kappa shape index (κ3) is 5.54. The van der Waals surface area contributed by atoms with Gasteiger partial charge in [0.1, 0.15) is 12.4 Å². The molecule has 1 saturated heterocycles. The van der Waals surface area contributed by atoms with Gasteiger partial charge in [-0.25, -0.2) is 9.38 Å². The maximum absolute atomic E-state index is 14.2. The molecule has 0 saturated carbocycles. The number of carbonyl (C=O) groups is 1. The Balaban J connectivity index is 1.54. The van der Waals surface area contributed by atoms with Crippen molar-refractivity contribution in [3.63, 3.8) is 0 Å². The van der Waals surface area contributed by atoms with Crippen molar-refractivity contribution < 1.29 is 9.18 Å². The van der Waals surface area contributed by atoms with E-state index in [9.17, 15) is 9.18 Å². The Hall–Kier alpha value is -4.07. The molecule has 180 valence electrons. The summed E-state index contributed by atoms with van der Waals surface area (Å²) in [6.45, 7) is 7.90. The van der Waals surface area contributed by atoms with Crippen molar-refractivity contribution in [1.29, 1.82) is 0 Å². The van der Waals surface area contributed by atoms with Gasteiger partial charge in [-0.1, -0.05) is 55.1 Å². The number of halogens is 1. The fourth-order valence-electron chi connectivity index (χ4n) is 4.06. The molecule has 0 aliphatic carbocycles. The normalized spacial score (nSPS) is 14.5. The molecule has 1 aliphatic rings. The molecule has 0 spiro atoms. The molecule has 1 amide bonds. The summed E-state index contributed by atoms with van der Waals surface area (Å²) in [4.78, 5) is 25.6. The monoisotopic (exact) mass is 472 g/mol. The van der Waals surface area contributed by atoms with Gasteiger partial charge in [-0.2, -0.15) is 5.10 Å². The van der Waals surface area contributed by atoms with Crippen LogP contribution in [0.2, 0.25) is 0 Å². The largest absolute Gasteiger partial charge is 0.338 e. The summed E-state index contributed by atoms with van der Waals surface area (Å²) in [6.07, 6.45) is 3.22. The number of nitrogens with zero attached hydrogens (tertiary/aromatic N) is 6. The van der Waals surface area contributed by atoms with Crippen LogP contribution in [0.15, 0.2) is 77.2 Å². The molecule has 7 nitrogen and oxygen atoms in total. The van der Waals surface area contributed by atoms with Crippen LogP contribution in [0, 0.1) is 12.7 Å². The molecule has 0 unspecified atom stereocenters. The van der Waals surface area contributed by atoms with Crippen molar-refractivity contribution in [2.24, 2.45) is 9.98 Å². The Morgan fingerprint density at radius 2 is 1.77 bits per heavy atom. The van der Waals surface area contributed by atoms with Crippen molar-refractivity contribution in [2.45, 2.75) is 13.5 Å². The number of aliphatic imine (C=N–C) groups is 2. The maximum atomic E-state index is 14.2. The highest BCUT2D eigenvalue weighted by atomic mass is 19.1. The van der Waals surface area contributed by atoms with Crippen LogP contribution in [0.5, 0.6) is 0 Å². The van der Waals surface area contributed by atoms with Gasteiger partial charge in [-0.05, 0) is 30.2 Å². The van der Waals surface area contributed by atoms with E-state index in [4.69, 9.17) is 5.10 Å². The molecule has 1 fully saturated rings. The first-order valence-corrected chi connectivity index (χ1v) is 11.5. The number of amides is 1. The third-order valence-electron chi connectivity index (χ3n) is 6.01. The molecule has 0 bridgehead atoms. The van der Waals surface area contributed by atoms with E-state index in [0.29, 0.717) is 49.0 Å². The van der Waals surface area contributed by atoms with Crippen LogP contribution in [0.25, 0.3) is 22.5 Å². The number of guanidine groups is 1. The highest BCUT2D eigenvalue weighted by Crippen LogP contribution is 2.27. The number of hydrogen-bond acceptors (Lipinski definition) is 3. The highest BCUT2D eigenvalue weighted by molar-refractivity contribution is 5.90. The summed E-state index contributed by atoms with van der Waals surface area (Å²) in [7, 11) is 1.70. The lowest BCUT2D eigenvalue weighted by atomic mass is 10.1. The number of allylic oxidation sites excluding steroid dienone is 1. The van der Waals surface area contributed by atoms with E-state index in [2.05, 4.69) is 21.5 Å². The molecule has 0 N–H and O–H groups in total. The lowest BCUT2D eigenvalue weighted by Gasteiger charge is -2.35. The van der Waals surface area contributed by atoms with Gasteiger partial charge in [0.15, 0.2) is 0 Å². The molecule has 1 aromatic heterocycles. The van der Waals surface area contributed by atoms with E-state index >= 15 is 0 Å². The van der Waals surface area contributed by atoms with Crippen molar-refractivity contribution in [3.8, 4) is 22.5 Å². The summed E-state index contributed by atoms with van der Waals surface area (Å²) >= 11 is 0. The van der Waals surface area contributed by atoms with Crippen LogP contribution in [-0.4, -0.2) is 70.9 Å². The zero-order valence-electron chi connectivity index (χ0n) is 20.1. The van der Waals surface area contributed by atoms with Crippen LogP contribution >= 0.6 is 0 Å². The quantitative estimate of drug-likeness (QED) is 0.416. The molecule has 0 atom stereocenters. The van der Waals surface area contributed by atoms with E-state index in [1.807, 2.05) is 47.4 Å². The van der Waals surface area contributed by atoms with Gasteiger partial charge in [0, 0.05) is 45.0 Å². The second kappa shape index (κ2) is 10.9. The molecule has 4 rings (SSSR count). The van der Waals surface area contributed by atoms with Gasteiger partial charge in [0.05, 0.1) is 11.4 Å². The zero-order chi connectivity index (χ0) is 24.8. The Morgan fingerprint density at radius 1 is 1.06 bits per heavy atom. The van der Waals surface area contributed by atoms with Gasteiger partial charge >= 0.3 is 0 Å². The summed E-state index contributed by atoms with van der Waals surface area (Å²) in [5.74, 6) is 0.334. The number of rotatable bonds is 5. The number of aromatic nitrogens is 2. The third-order valence-corrected chi connectivity index (χ3v) is 6.01. The molecule has 0 radical (unpaired) electrons. The van der Waals surface area contributed by atoms with Crippen LogP contribution in [0.3, 0.4) is 0 Å². The Labute approximate surface area is 204 Å². The summed E-state index contributed by atoms with van der Waals surface area (Å²) in [6, 6.07) is 16.8. The molecule has 35 heavy (non-hydrogen) atoms. The van der Waals surface area contributed by atoms with Crippen LogP contribution in [0.4, 0.5) is 4.39 Å². The van der Waals surface area contributed by atoms with Gasteiger partial charge in [-0.3, -0.25) is 14.5 Å². The van der Waals surface area contributed by atoms with Crippen molar-refractivity contribution >= 4 is 18.1 Å². The summed E-state index contributed by atoms with van der Waals surface area (Å²) in [5, 5.41) is 4.70. The Morgan fingerprint density at radius 3 is 2.43 bits per heavy atom. The summed E-state index contributed by atoms with van der Waals surface area (Å²) < 4.78 is 15.9. The van der Waals surface area contributed by atoms with Crippen molar-refractivity contribution in [3.05, 3.63) is 78.6 Å². The van der Waals surface area contributed by atoms with E-state index in [1.165, 1.54) is 6.07 Å². The van der Waals surface area contributed by atoms with Crippen molar-refractivity contribution in [1.82, 2.24) is 19.6 Å². The Bertz CT molecular complexity index is 1260. The predicted molar refractivity (Wildman–Crippen MR) is 138 cm³/mol. The molecule has 2 aromatic carbocycles. The number of hydrogen-bond donors (Lipinski definition) is 0. The first kappa shape index (κ1) is 24.1. The fourth-order valence-corrected chi connectivity index (χ4v) is 4.06. The second-order valence-corrected chi connectivity index (χ2v) is 8.31. The molecular weight excluding hydrogens is 443 g/mol. The molecular formula is C27H29FN6O. The van der Waals surface area contributed by atoms with Gasteiger partial charge in [0.25, 0.3) is 0 Å². The minimum absolute atomic E-state index is 0.0175. The lowest BCUT2D eigenvalue weighted by molar-refractivity contribution is -0.133. The summed E-state index contributed by atoms with van der Waals surface area (Å²) in [5.41, 5.74) is 3.64. The van der Waals surface area contributed by atoms with Crippen LogP contribution in [-0.2, 0) is 11.3 Å². The average Bonchev–Trinajstić information content (AvgIpc) is 3.30. The molecule has 1 aliphatic heterocycles. The SMILES string of the molecule is C=C/C=N\C(=NC)N1CCN(C(=O)Cn2nc(-c3ccc(C)c(F)c3)cc2-c2ccccc2)CC1. The van der Waals surface area contributed by atoms with E-state index < -0.39 is 0 Å². The number of benzene rings is 2. The lowest BCUT2D eigenvalue weighted by Crippen LogP contribution is -2.51. The number of piperazine rings is 1. The second-order valence-electron chi connectivity index (χ2n) is 8.31. The first-order chi connectivity index (χ1) is 17.0. The molecule has 2 heterocycles. The standard InChI is InChI=1S/C27H29FN6O/c1-4-12-30-27(29-3)33-15-13-32(14-16-33)26(35)19-34-25(21-8-6-5-7-9-21)18-24(31-34)22-11-10-20(2)23(28)17-22/h4-12,17-18H,1,13-16,19H2,2-3H3/b29-27?,30-12-. The topological polar surface area (TPSA) is 66.1 Å². The smallest absolute Gasteiger partial charge is 0.244 e. The minimum atomic E-state index is -0.278. The van der Waals surface area contributed by atoms with Crippen LogP contribution in [0.1, 0.15) is 5.56 Å². The van der Waals surface area contributed by atoms with E-state index in [-0.39, 0.29) is 18.3 Å². The Kier molecular flexibility index (Phi) is 7.50. The van der Waals surface area contributed by atoms with Crippen molar-refractivity contribution in [2.75, 3.05) is 33.2 Å². The van der Waals surface area contributed by atoms with Gasteiger partial charge < -0.3 is 9.80 Å². The zero-order valence-corrected chi connectivity index (χ0v) is 20.1. The van der Waals surface area contributed by atoms with Gasteiger partial charge in [-0.15, -0.1) is 0 Å². The molecule has 8 heteroatoms. The van der Waals surface area contributed by atoms with E-state index in [1.54, 1.807) is 37.0 Å². The predicted octanol–water partition coefficient (Wildman–Crippen LogP) is 4.05. The van der Waals surface area contributed by atoms with E-state index in [0.717, 1.165) is 11.3 Å². The number of carbonyl (C=O) groups excluding carboxylic acids is 1. The fraction of sp³-hybridized carbons (Fsp3) is 0.259. The van der Waals surface area contributed by atoms with Gasteiger partial charge in [0.2, 0.25) is 11.9 Å². The first-order valence-electron chi connectivity index (χ1n) is 11.5. The maximum Gasteiger partial charge on any atom is 0.244 e. The average molecular weight is 473 g/mol.